The molecule has 146 valence electrons. The minimum absolute atomic E-state index is 0.0817. The molecule has 3 heterocycles. The van der Waals surface area contributed by atoms with Gasteiger partial charge >= 0.3 is 0 Å². The topological polar surface area (TPSA) is 52.9 Å². The van der Waals surface area contributed by atoms with Gasteiger partial charge in [-0.1, -0.05) is 29.3 Å². The Morgan fingerprint density at radius 2 is 1.89 bits per heavy atom. The summed E-state index contributed by atoms with van der Waals surface area (Å²) in [6, 6.07) is 11.3. The zero-order valence-corrected chi connectivity index (χ0v) is 16.8. The molecule has 3 aromatic rings. The van der Waals surface area contributed by atoms with E-state index in [1.807, 2.05) is 30.3 Å². The summed E-state index contributed by atoms with van der Waals surface area (Å²) in [6.45, 7) is 5.00. The van der Waals surface area contributed by atoms with Crippen molar-refractivity contribution in [3.05, 3.63) is 64.4 Å². The van der Waals surface area contributed by atoms with Crippen LogP contribution >= 0.6 is 23.2 Å². The number of carbonyl (C=O) groups is 1. The Morgan fingerprint density at radius 3 is 2.71 bits per heavy atom. The van der Waals surface area contributed by atoms with Crippen molar-refractivity contribution in [1.82, 2.24) is 19.8 Å². The van der Waals surface area contributed by atoms with Gasteiger partial charge in [-0.15, -0.1) is 0 Å². The standard InChI is InChI=1S/C20H21Cl2N5O/c21-17-2-1-3-18(19(17)22)26-12-10-25(11-13-26)9-8-23-20(28)15-4-5-16-6-7-24-27(16)14-15/h1-7,14H,8-13H2,(H,23,28). The van der Waals surface area contributed by atoms with E-state index in [4.69, 9.17) is 23.2 Å². The zero-order chi connectivity index (χ0) is 19.5. The molecule has 0 radical (unpaired) electrons. The van der Waals surface area contributed by atoms with Crippen molar-refractivity contribution in [1.29, 1.82) is 0 Å². The van der Waals surface area contributed by atoms with Gasteiger partial charge in [-0.25, -0.2) is 4.52 Å². The fourth-order valence-electron chi connectivity index (χ4n) is 3.43. The Hall–Kier alpha value is -2.28. The van der Waals surface area contributed by atoms with E-state index < -0.39 is 0 Å². The summed E-state index contributed by atoms with van der Waals surface area (Å²) >= 11 is 12.4. The Balaban J connectivity index is 1.25. The average molecular weight is 418 g/mol. The predicted molar refractivity (Wildman–Crippen MR) is 113 cm³/mol. The lowest BCUT2D eigenvalue weighted by Crippen LogP contribution is -2.48. The Morgan fingerprint density at radius 1 is 1.07 bits per heavy atom. The van der Waals surface area contributed by atoms with Gasteiger partial charge in [-0.3, -0.25) is 9.69 Å². The van der Waals surface area contributed by atoms with E-state index >= 15 is 0 Å². The number of rotatable bonds is 5. The molecule has 1 amide bonds. The highest BCUT2D eigenvalue weighted by molar-refractivity contribution is 6.43. The van der Waals surface area contributed by atoms with E-state index in [1.54, 1.807) is 23.0 Å². The number of nitrogens with zero attached hydrogens (tertiary/aromatic N) is 4. The lowest BCUT2D eigenvalue weighted by Gasteiger charge is -2.36. The second-order valence-electron chi connectivity index (χ2n) is 6.78. The maximum atomic E-state index is 12.4. The molecular weight excluding hydrogens is 397 g/mol. The first-order chi connectivity index (χ1) is 13.6. The van der Waals surface area contributed by atoms with Gasteiger partial charge in [0.1, 0.15) is 0 Å². The number of piperazine rings is 1. The van der Waals surface area contributed by atoms with Crippen LogP contribution in [0.5, 0.6) is 0 Å². The first kappa shape index (κ1) is 19.1. The molecule has 0 unspecified atom stereocenters. The molecular formula is C20H21Cl2N5O. The largest absolute Gasteiger partial charge is 0.368 e. The van der Waals surface area contributed by atoms with Gasteiger partial charge in [-0.2, -0.15) is 5.10 Å². The van der Waals surface area contributed by atoms with E-state index in [9.17, 15) is 4.79 Å². The Kier molecular flexibility index (Phi) is 5.71. The van der Waals surface area contributed by atoms with Crippen LogP contribution < -0.4 is 10.2 Å². The zero-order valence-electron chi connectivity index (χ0n) is 15.3. The third-order valence-electron chi connectivity index (χ3n) is 5.02. The second-order valence-corrected chi connectivity index (χ2v) is 7.56. The molecule has 0 spiro atoms. The lowest BCUT2D eigenvalue weighted by molar-refractivity contribution is 0.0947. The van der Waals surface area contributed by atoms with Crippen LogP contribution in [0, 0.1) is 0 Å². The number of fused-ring (bicyclic) bond motifs is 1. The molecule has 1 saturated heterocycles. The summed E-state index contributed by atoms with van der Waals surface area (Å²) in [5.41, 5.74) is 2.56. The van der Waals surface area contributed by atoms with Crippen LogP contribution in [-0.2, 0) is 0 Å². The Bertz CT molecular complexity index is 982. The van der Waals surface area contributed by atoms with Gasteiger partial charge in [0.15, 0.2) is 0 Å². The molecule has 0 atom stereocenters. The first-order valence-corrected chi connectivity index (χ1v) is 10.0. The van der Waals surface area contributed by atoms with E-state index in [-0.39, 0.29) is 5.91 Å². The molecule has 0 aliphatic carbocycles. The molecule has 1 fully saturated rings. The lowest BCUT2D eigenvalue weighted by atomic mass is 10.2. The number of hydrogen-bond donors (Lipinski definition) is 1. The summed E-state index contributed by atoms with van der Waals surface area (Å²) in [7, 11) is 0. The van der Waals surface area contributed by atoms with Crippen LogP contribution in [-0.4, -0.2) is 59.7 Å². The van der Waals surface area contributed by atoms with Crippen molar-refractivity contribution >= 4 is 40.3 Å². The summed E-state index contributed by atoms with van der Waals surface area (Å²) in [5.74, 6) is -0.0817. The number of amides is 1. The minimum atomic E-state index is -0.0817. The summed E-state index contributed by atoms with van der Waals surface area (Å²) in [6.07, 6.45) is 3.46. The molecule has 0 bridgehead atoms. The minimum Gasteiger partial charge on any atom is -0.368 e. The summed E-state index contributed by atoms with van der Waals surface area (Å²) < 4.78 is 1.70. The van der Waals surface area contributed by atoms with Gasteiger partial charge in [0.2, 0.25) is 0 Å². The van der Waals surface area contributed by atoms with Crippen LogP contribution in [0.25, 0.3) is 5.52 Å². The maximum Gasteiger partial charge on any atom is 0.252 e. The van der Waals surface area contributed by atoms with E-state index in [0.29, 0.717) is 22.2 Å². The number of carbonyl (C=O) groups excluding carboxylic acids is 1. The number of aromatic nitrogens is 2. The summed E-state index contributed by atoms with van der Waals surface area (Å²) in [5, 5.41) is 8.35. The van der Waals surface area contributed by atoms with Gasteiger partial charge < -0.3 is 10.2 Å². The monoisotopic (exact) mass is 417 g/mol. The number of anilines is 1. The molecule has 1 aromatic carbocycles. The third kappa shape index (κ3) is 4.09. The fraction of sp³-hybridized carbons (Fsp3) is 0.300. The fourth-order valence-corrected chi connectivity index (χ4v) is 3.84. The molecule has 8 heteroatoms. The van der Waals surface area contributed by atoms with Crippen molar-refractivity contribution in [2.45, 2.75) is 0 Å². The number of halogens is 2. The highest BCUT2D eigenvalue weighted by Gasteiger charge is 2.19. The molecule has 4 rings (SSSR count). The van der Waals surface area contributed by atoms with Gasteiger partial charge in [0.25, 0.3) is 5.91 Å². The normalized spacial score (nSPS) is 15.1. The van der Waals surface area contributed by atoms with E-state index in [1.165, 1.54) is 0 Å². The smallest absolute Gasteiger partial charge is 0.252 e. The van der Waals surface area contributed by atoms with Crippen molar-refractivity contribution in [3.8, 4) is 0 Å². The molecule has 1 aliphatic rings. The van der Waals surface area contributed by atoms with Crippen LogP contribution in [0.3, 0.4) is 0 Å². The second kappa shape index (κ2) is 8.39. The third-order valence-corrected chi connectivity index (χ3v) is 5.82. The summed E-state index contributed by atoms with van der Waals surface area (Å²) in [4.78, 5) is 16.9. The number of nitrogens with one attached hydrogen (secondary N) is 1. The number of benzene rings is 1. The van der Waals surface area contributed by atoms with Crippen molar-refractivity contribution in [2.75, 3.05) is 44.2 Å². The highest BCUT2D eigenvalue weighted by atomic mass is 35.5. The maximum absolute atomic E-state index is 12.4. The molecule has 0 saturated carbocycles. The highest BCUT2D eigenvalue weighted by Crippen LogP contribution is 2.32. The SMILES string of the molecule is O=C(NCCN1CCN(c2cccc(Cl)c2Cl)CC1)c1ccc2ccnn2c1. The molecule has 1 aliphatic heterocycles. The van der Waals surface area contributed by atoms with Crippen molar-refractivity contribution in [2.24, 2.45) is 0 Å². The van der Waals surface area contributed by atoms with Crippen molar-refractivity contribution < 1.29 is 4.79 Å². The van der Waals surface area contributed by atoms with E-state index in [0.717, 1.165) is 43.9 Å². The Labute approximate surface area is 173 Å². The molecule has 1 N–H and O–H groups in total. The number of pyridine rings is 1. The quantitative estimate of drug-likeness (QED) is 0.692. The van der Waals surface area contributed by atoms with Crippen LogP contribution in [0.2, 0.25) is 10.0 Å². The van der Waals surface area contributed by atoms with Gasteiger partial charge in [0.05, 0.1) is 26.8 Å². The average Bonchev–Trinajstić information content (AvgIpc) is 3.18. The van der Waals surface area contributed by atoms with Crippen molar-refractivity contribution in [3.63, 3.8) is 0 Å². The molecule has 6 nitrogen and oxygen atoms in total. The van der Waals surface area contributed by atoms with Gasteiger partial charge in [-0.05, 0) is 30.3 Å². The van der Waals surface area contributed by atoms with Crippen LogP contribution in [0.15, 0.2) is 48.8 Å². The van der Waals surface area contributed by atoms with Crippen LogP contribution in [0.1, 0.15) is 10.4 Å². The van der Waals surface area contributed by atoms with Gasteiger partial charge in [0, 0.05) is 51.7 Å². The van der Waals surface area contributed by atoms with E-state index in [2.05, 4.69) is 20.2 Å². The molecule has 28 heavy (non-hydrogen) atoms. The van der Waals surface area contributed by atoms with Crippen LogP contribution in [0.4, 0.5) is 5.69 Å². The molecule has 2 aromatic heterocycles. The first-order valence-electron chi connectivity index (χ1n) is 9.25. The predicted octanol–water partition coefficient (Wildman–Crippen LogP) is 3.19. The number of hydrogen-bond acceptors (Lipinski definition) is 4.